The van der Waals surface area contributed by atoms with Crippen molar-refractivity contribution in [1.82, 2.24) is 23.7 Å². The lowest BCUT2D eigenvalue weighted by Gasteiger charge is -2.17. The average Bonchev–Trinajstić information content (AvgIpc) is 4.17. The van der Waals surface area contributed by atoms with Gasteiger partial charge in [-0.15, -0.1) is 22.3 Å². The third kappa shape index (κ3) is 5.99. The van der Waals surface area contributed by atoms with Crippen LogP contribution in [0.1, 0.15) is 0 Å². The molecule has 0 aliphatic carbocycles. The number of nitrogens with zero attached hydrogens (tertiary/aromatic N) is 5. The number of hydrogen-bond acceptors (Lipinski definition) is 3. The van der Waals surface area contributed by atoms with E-state index in [2.05, 4.69) is 234 Å². The normalized spacial score (nSPS) is 12.1. The summed E-state index contributed by atoms with van der Waals surface area (Å²) in [6.45, 7) is 0. The molecule has 0 aliphatic heterocycles. The van der Waals surface area contributed by atoms with Crippen LogP contribution in [0.4, 0.5) is 0 Å². The molecule has 0 bridgehead atoms. The molecule has 0 N–H and O–H groups in total. The Balaban J connectivity index is 0.918. The van der Waals surface area contributed by atoms with Gasteiger partial charge in [0.2, 0.25) is 0 Å². The Morgan fingerprint density at radius 1 is 0.347 bits per heavy atom. The van der Waals surface area contributed by atoms with Crippen LogP contribution in [-0.4, -0.2) is 86.4 Å². The summed E-state index contributed by atoms with van der Waals surface area (Å²) in [5, 5.41) is 8.84. The fourth-order valence-corrected chi connectivity index (χ4v) is 13.4. The minimum Gasteiger partial charge on any atom is -0.310 e. The van der Waals surface area contributed by atoms with E-state index in [0.29, 0.717) is 0 Å². The fraction of sp³-hybridized carbons (Fsp3) is 0. The van der Waals surface area contributed by atoms with E-state index in [0.717, 1.165) is 49.4 Å². The van der Waals surface area contributed by atoms with Gasteiger partial charge in [-0.3, -0.25) is 0 Å². The second-order valence-electron chi connectivity index (χ2n) is 20.0. The van der Waals surface area contributed by atoms with Crippen molar-refractivity contribution in [2.24, 2.45) is 0 Å². The van der Waals surface area contributed by atoms with Gasteiger partial charge >= 0.3 is 0 Å². The van der Waals surface area contributed by atoms with Gasteiger partial charge in [-0.2, -0.15) is 0 Å². The van der Waals surface area contributed by atoms with Crippen molar-refractivity contribution in [3.8, 4) is 39.4 Å². The standard InChI is InChI=1S/C58H43B8N5S/c59-46-44-45-47(60)49(62)51(64)53(66)57(45)71(56(44)52(65)50(63)48(46)61)33-19-22-43-38(26-33)55-58(72-43)54(67-27-68-55)30-9-8-12-32(23-30)70-39-15-6-4-13-34(39)36-20-17-29(25-42(36)70)28-18-21-41-37(24-28)35-14-5-7-16-40(35)69(41)31-10-2-1-3-11-31/h1-27H,59-66H2. The van der Waals surface area contributed by atoms with Crippen LogP contribution in [0.25, 0.3) is 125 Å². The highest BCUT2D eigenvalue weighted by atomic mass is 32.1. The lowest BCUT2D eigenvalue weighted by Crippen LogP contribution is -2.49. The monoisotopic (exact) mass is 929 g/mol. The van der Waals surface area contributed by atoms with Gasteiger partial charge in [0, 0.05) is 65.3 Å². The van der Waals surface area contributed by atoms with Gasteiger partial charge in [0.25, 0.3) is 0 Å². The zero-order chi connectivity index (χ0) is 48.8. The van der Waals surface area contributed by atoms with E-state index in [4.69, 9.17) is 9.97 Å². The highest BCUT2D eigenvalue weighted by Crippen LogP contribution is 2.42. The molecule has 5 aromatic heterocycles. The number of fused-ring (bicyclic) bond motifs is 12. The highest BCUT2D eigenvalue weighted by Gasteiger charge is 2.25. The second kappa shape index (κ2) is 15.9. The molecule has 0 saturated carbocycles. The van der Waals surface area contributed by atoms with Gasteiger partial charge in [0.05, 0.1) is 38.0 Å². The molecule has 0 unspecified atom stereocenters. The number of rotatable bonds is 5. The average molecular weight is 929 g/mol. The van der Waals surface area contributed by atoms with Crippen molar-refractivity contribution in [3.05, 3.63) is 164 Å². The maximum atomic E-state index is 5.06. The fourth-order valence-electron chi connectivity index (χ4n) is 12.3. The lowest BCUT2D eigenvalue weighted by molar-refractivity contribution is 1.18. The Morgan fingerprint density at radius 3 is 1.61 bits per heavy atom. The van der Waals surface area contributed by atoms with Crippen LogP contribution < -0.4 is 43.7 Å². The predicted octanol–water partition coefficient (Wildman–Crippen LogP) is 1.54. The zero-order valence-corrected chi connectivity index (χ0v) is 42.5. The van der Waals surface area contributed by atoms with Crippen LogP contribution in [0.2, 0.25) is 0 Å². The van der Waals surface area contributed by atoms with Crippen LogP contribution in [0.5, 0.6) is 0 Å². The molecule has 0 fully saturated rings. The first-order valence-corrected chi connectivity index (χ1v) is 25.8. The molecule has 330 valence electrons. The molecule has 0 saturated heterocycles. The molecule has 5 heterocycles. The van der Waals surface area contributed by atoms with Crippen LogP contribution >= 0.6 is 11.3 Å². The van der Waals surface area contributed by atoms with Gasteiger partial charge in [-0.1, -0.05) is 118 Å². The summed E-state index contributed by atoms with van der Waals surface area (Å²) >= 11 is 1.78. The minimum absolute atomic E-state index is 0.945. The highest BCUT2D eigenvalue weighted by molar-refractivity contribution is 7.26. The van der Waals surface area contributed by atoms with Gasteiger partial charge < -0.3 is 13.7 Å². The van der Waals surface area contributed by atoms with E-state index in [-0.39, 0.29) is 0 Å². The quantitative estimate of drug-likeness (QED) is 0.246. The van der Waals surface area contributed by atoms with Gasteiger partial charge in [0.15, 0.2) is 0 Å². The van der Waals surface area contributed by atoms with Crippen LogP contribution in [0.3, 0.4) is 0 Å². The van der Waals surface area contributed by atoms with E-state index in [1.165, 1.54) is 119 Å². The lowest BCUT2D eigenvalue weighted by atomic mass is 9.63. The largest absolute Gasteiger partial charge is 0.310 e. The predicted molar refractivity (Wildman–Crippen MR) is 334 cm³/mol. The first kappa shape index (κ1) is 43.0. The van der Waals surface area contributed by atoms with Gasteiger partial charge in [-0.05, 0) is 94.7 Å². The SMILES string of the molecule is Bc1c(B)c(B)c2c(c1B)c1c(B)c(B)c(B)c(B)c1n2-c1ccc2sc3c(-c4cccc(-n5c6ccccc6c6ccc(-c7ccc8c(c7)c7ccccc7n8-c7ccccc7)cc65)c4)ncnc3c2c1. The second-order valence-corrected chi connectivity index (χ2v) is 21.1. The molecule has 0 amide bonds. The van der Waals surface area contributed by atoms with Crippen molar-refractivity contribution in [1.29, 1.82) is 0 Å². The van der Waals surface area contributed by atoms with E-state index < -0.39 is 0 Å². The van der Waals surface area contributed by atoms with Crippen LogP contribution in [-0.2, 0) is 0 Å². The van der Waals surface area contributed by atoms with Crippen molar-refractivity contribution in [3.63, 3.8) is 0 Å². The summed E-state index contributed by atoms with van der Waals surface area (Å²) in [6, 6.07) is 58.0. The molecule has 14 aromatic rings. The number of thiophene rings is 1. The first-order valence-electron chi connectivity index (χ1n) is 25.0. The van der Waals surface area contributed by atoms with E-state index in [9.17, 15) is 0 Å². The summed E-state index contributed by atoms with van der Waals surface area (Å²) in [6.07, 6.45) is 1.75. The smallest absolute Gasteiger partial charge is 0.141 e. The third-order valence-electron chi connectivity index (χ3n) is 16.6. The molecular weight excluding hydrogens is 885 g/mol. The molecule has 9 aromatic carbocycles. The molecule has 0 radical (unpaired) electrons. The van der Waals surface area contributed by atoms with Crippen molar-refractivity contribution in [2.75, 3.05) is 0 Å². The first-order chi connectivity index (χ1) is 35.1. The Bertz CT molecular complexity index is 4610. The molecule has 14 rings (SSSR count). The Labute approximate surface area is 428 Å². The maximum absolute atomic E-state index is 5.06. The van der Waals surface area contributed by atoms with E-state index in [1.807, 2.05) is 0 Å². The molecule has 0 atom stereocenters. The number of hydrogen-bond donors (Lipinski definition) is 0. The summed E-state index contributed by atoms with van der Waals surface area (Å²) in [5.74, 6) is 0. The third-order valence-corrected chi connectivity index (χ3v) is 17.7. The molecule has 0 aliphatic rings. The zero-order valence-electron chi connectivity index (χ0n) is 41.7. The molecule has 0 spiro atoms. The summed E-state index contributed by atoms with van der Waals surface area (Å²) < 4.78 is 9.66. The Kier molecular flexibility index (Phi) is 9.47. The topological polar surface area (TPSA) is 40.6 Å². The van der Waals surface area contributed by atoms with E-state index >= 15 is 0 Å². The van der Waals surface area contributed by atoms with Crippen molar-refractivity contribution >= 4 is 204 Å². The molecule has 5 nitrogen and oxygen atoms in total. The Morgan fingerprint density at radius 2 is 0.903 bits per heavy atom. The van der Waals surface area contributed by atoms with Crippen molar-refractivity contribution < 1.29 is 0 Å². The maximum Gasteiger partial charge on any atom is 0.141 e. The summed E-state index contributed by atoms with van der Waals surface area (Å²) in [4.78, 5) is 10.1. The number of benzene rings is 9. The summed E-state index contributed by atoms with van der Waals surface area (Å²) in [7, 11) is 18.4. The minimum atomic E-state index is 0.945. The molecular formula is C58H43B8N5S. The summed E-state index contributed by atoms with van der Waals surface area (Å²) in [5.41, 5.74) is 27.0. The Hall–Kier alpha value is -7.80. The van der Waals surface area contributed by atoms with E-state index in [1.54, 1.807) is 17.7 Å². The molecule has 14 heteroatoms. The molecule has 72 heavy (non-hydrogen) atoms. The van der Waals surface area contributed by atoms with Gasteiger partial charge in [0.1, 0.15) is 69.1 Å². The van der Waals surface area contributed by atoms with Crippen molar-refractivity contribution in [2.45, 2.75) is 0 Å². The van der Waals surface area contributed by atoms with Gasteiger partial charge in [-0.25, -0.2) is 9.97 Å². The number of aromatic nitrogens is 5. The number of para-hydroxylation sites is 3. The van der Waals surface area contributed by atoms with Crippen LogP contribution in [0, 0.1) is 0 Å². The van der Waals surface area contributed by atoms with Crippen LogP contribution in [0.15, 0.2) is 164 Å².